The molecule has 2 rings (SSSR count). The zero-order valence-electron chi connectivity index (χ0n) is 14.2. The molecular weight excluding hydrogens is 306 g/mol. The van der Waals surface area contributed by atoms with E-state index in [1.165, 1.54) is 0 Å². The molecule has 0 radical (unpaired) electrons. The predicted octanol–water partition coefficient (Wildman–Crippen LogP) is 3.18. The molecule has 0 spiro atoms. The Labute approximate surface area is 142 Å². The fraction of sp³-hybridized carbons (Fsp3) is 0.316. The van der Waals surface area contributed by atoms with Crippen molar-refractivity contribution >= 4 is 5.91 Å². The number of carbonyl (C=O) groups is 1. The van der Waals surface area contributed by atoms with Crippen molar-refractivity contribution < 1.29 is 19.0 Å². The quantitative estimate of drug-likeness (QED) is 0.808. The molecule has 128 valence electrons. The van der Waals surface area contributed by atoms with Crippen LogP contribution in [0.3, 0.4) is 0 Å². The summed E-state index contributed by atoms with van der Waals surface area (Å²) in [5.74, 6) is 1.92. The van der Waals surface area contributed by atoms with Crippen LogP contribution in [-0.4, -0.2) is 26.2 Å². The van der Waals surface area contributed by atoms with Gasteiger partial charge in [-0.1, -0.05) is 25.1 Å². The van der Waals surface area contributed by atoms with E-state index in [9.17, 15) is 4.79 Å². The minimum atomic E-state index is -0.553. The van der Waals surface area contributed by atoms with E-state index in [4.69, 9.17) is 14.2 Å². The fourth-order valence-corrected chi connectivity index (χ4v) is 2.25. The van der Waals surface area contributed by atoms with Gasteiger partial charge in [-0.2, -0.15) is 0 Å². The molecule has 1 atom stereocenters. The largest absolute Gasteiger partial charge is 0.497 e. The molecule has 5 heteroatoms. The van der Waals surface area contributed by atoms with Crippen LogP contribution in [-0.2, 0) is 11.3 Å². The summed E-state index contributed by atoms with van der Waals surface area (Å²) in [6.07, 6.45) is 0.0175. The Morgan fingerprint density at radius 1 is 1.00 bits per heavy atom. The number of methoxy groups -OCH3 is 2. The average molecular weight is 329 g/mol. The van der Waals surface area contributed by atoms with Gasteiger partial charge in [-0.25, -0.2) is 0 Å². The summed E-state index contributed by atoms with van der Waals surface area (Å²) in [6.45, 7) is 2.34. The summed E-state index contributed by atoms with van der Waals surface area (Å²) in [5.41, 5.74) is 0.971. The van der Waals surface area contributed by atoms with E-state index in [1.54, 1.807) is 26.4 Å². The first kappa shape index (κ1) is 17.7. The zero-order chi connectivity index (χ0) is 17.4. The zero-order valence-corrected chi connectivity index (χ0v) is 14.2. The highest BCUT2D eigenvalue weighted by molar-refractivity contribution is 5.81. The SMILES string of the molecule is CCC(Oc1cccc(OC)c1)C(=O)NCc1cccc(OC)c1. The highest BCUT2D eigenvalue weighted by Gasteiger charge is 2.18. The molecular formula is C19H23NO4. The van der Waals surface area contributed by atoms with Crippen molar-refractivity contribution in [3.05, 3.63) is 54.1 Å². The Kier molecular flexibility index (Phi) is 6.49. The molecule has 0 bridgehead atoms. The van der Waals surface area contributed by atoms with Crippen LogP contribution in [0.4, 0.5) is 0 Å². The van der Waals surface area contributed by atoms with Gasteiger partial charge in [0.2, 0.25) is 0 Å². The Morgan fingerprint density at radius 3 is 2.29 bits per heavy atom. The van der Waals surface area contributed by atoms with Crippen LogP contribution in [0.15, 0.2) is 48.5 Å². The number of nitrogens with one attached hydrogen (secondary N) is 1. The van der Waals surface area contributed by atoms with E-state index in [0.717, 1.165) is 11.3 Å². The van der Waals surface area contributed by atoms with Crippen LogP contribution in [0.2, 0.25) is 0 Å². The van der Waals surface area contributed by atoms with Crippen molar-refractivity contribution in [2.24, 2.45) is 0 Å². The van der Waals surface area contributed by atoms with Crippen LogP contribution in [0.25, 0.3) is 0 Å². The Bertz CT molecular complexity index is 672. The van der Waals surface area contributed by atoms with Crippen LogP contribution in [0, 0.1) is 0 Å². The number of hydrogen-bond donors (Lipinski definition) is 1. The normalized spacial score (nSPS) is 11.5. The first-order valence-corrected chi connectivity index (χ1v) is 7.87. The summed E-state index contributed by atoms with van der Waals surface area (Å²) in [6, 6.07) is 14.8. The molecule has 0 aliphatic carbocycles. The third-order valence-corrected chi connectivity index (χ3v) is 3.58. The second-order valence-corrected chi connectivity index (χ2v) is 5.26. The molecule has 0 saturated carbocycles. The lowest BCUT2D eigenvalue weighted by atomic mass is 10.2. The lowest BCUT2D eigenvalue weighted by Crippen LogP contribution is -2.37. The van der Waals surface area contributed by atoms with E-state index in [2.05, 4.69) is 5.32 Å². The Hall–Kier alpha value is -2.69. The predicted molar refractivity (Wildman–Crippen MR) is 92.5 cm³/mol. The van der Waals surface area contributed by atoms with Crippen LogP contribution < -0.4 is 19.5 Å². The molecule has 24 heavy (non-hydrogen) atoms. The highest BCUT2D eigenvalue weighted by atomic mass is 16.5. The van der Waals surface area contributed by atoms with Crippen molar-refractivity contribution in [1.29, 1.82) is 0 Å². The number of hydrogen-bond acceptors (Lipinski definition) is 4. The van der Waals surface area contributed by atoms with Gasteiger partial charge in [0.05, 0.1) is 14.2 Å². The van der Waals surface area contributed by atoms with E-state index < -0.39 is 6.10 Å². The van der Waals surface area contributed by atoms with Crippen molar-refractivity contribution in [3.63, 3.8) is 0 Å². The third kappa shape index (κ3) is 4.91. The van der Waals surface area contributed by atoms with Gasteiger partial charge in [0.25, 0.3) is 5.91 Å². The first-order valence-electron chi connectivity index (χ1n) is 7.87. The lowest BCUT2D eigenvalue weighted by molar-refractivity contribution is -0.128. The lowest BCUT2D eigenvalue weighted by Gasteiger charge is -2.18. The summed E-state index contributed by atoms with van der Waals surface area (Å²) in [7, 11) is 3.21. The van der Waals surface area contributed by atoms with Gasteiger partial charge in [-0.05, 0) is 36.2 Å². The summed E-state index contributed by atoms with van der Waals surface area (Å²) in [5, 5.41) is 2.90. The van der Waals surface area contributed by atoms with Crippen LogP contribution in [0.1, 0.15) is 18.9 Å². The van der Waals surface area contributed by atoms with Gasteiger partial charge < -0.3 is 19.5 Å². The Morgan fingerprint density at radius 2 is 1.62 bits per heavy atom. The fourth-order valence-electron chi connectivity index (χ4n) is 2.25. The second kappa shape index (κ2) is 8.82. The standard InChI is InChI=1S/C19H23NO4/c1-4-18(24-17-10-6-9-16(12-17)23-3)19(21)20-13-14-7-5-8-15(11-14)22-2/h5-12,18H,4,13H2,1-3H3,(H,20,21). The van der Waals surface area contributed by atoms with Gasteiger partial charge in [-0.15, -0.1) is 0 Å². The van der Waals surface area contributed by atoms with Crippen molar-refractivity contribution in [3.8, 4) is 17.2 Å². The number of benzene rings is 2. The van der Waals surface area contributed by atoms with Gasteiger partial charge in [0.15, 0.2) is 6.10 Å². The van der Waals surface area contributed by atoms with Gasteiger partial charge >= 0.3 is 0 Å². The maximum Gasteiger partial charge on any atom is 0.261 e. The van der Waals surface area contributed by atoms with E-state index in [1.807, 2.05) is 43.3 Å². The van der Waals surface area contributed by atoms with Crippen LogP contribution in [0.5, 0.6) is 17.2 Å². The van der Waals surface area contributed by atoms with Crippen molar-refractivity contribution in [2.45, 2.75) is 26.0 Å². The molecule has 5 nitrogen and oxygen atoms in total. The smallest absolute Gasteiger partial charge is 0.261 e. The van der Waals surface area contributed by atoms with Gasteiger partial charge in [0.1, 0.15) is 17.2 Å². The summed E-state index contributed by atoms with van der Waals surface area (Å²) < 4.78 is 16.1. The summed E-state index contributed by atoms with van der Waals surface area (Å²) >= 11 is 0. The minimum Gasteiger partial charge on any atom is -0.497 e. The molecule has 0 aliphatic rings. The van der Waals surface area contributed by atoms with Gasteiger partial charge in [0, 0.05) is 12.6 Å². The molecule has 0 heterocycles. The number of rotatable bonds is 8. The Balaban J connectivity index is 1.95. The molecule has 1 N–H and O–H groups in total. The molecule has 1 unspecified atom stereocenters. The van der Waals surface area contributed by atoms with E-state index in [-0.39, 0.29) is 5.91 Å². The maximum absolute atomic E-state index is 12.4. The molecule has 2 aromatic carbocycles. The van der Waals surface area contributed by atoms with Gasteiger partial charge in [-0.3, -0.25) is 4.79 Å². The molecule has 0 saturated heterocycles. The summed E-state index contributed by atoms with van der Waals surface area (Å²) in [4.78, 5) is 12.4. The second-order valence-electron chi connectivity index (χ2n) is 5.26. The topological polar surface area (TPSA) is 56.8 Å². The molecule has 2 aromatic rings. The van der Waals surface area contributed by atoms with E-state index >= 15 is 0 Å². The van der Waals surface area contributed by atoms with Crippen molar-refractivity contribution in [2.75, 3.05) is 14.2 Å². The first-order chi connectivity index (χ1) is 11.7. The molecule has 0 fully saturated rings. The molecule has 0 aromatic heterocycles. The number of ether oxygens (including phenoxy) is 3. The van der Waals surface area contributed by atoms with E-state index in [0.29, 0.717) is 24.5 Å². The number of amides is 1. The molecule has 1 amide bonds. The third-order valence-electron chi connectivity index (χ3n) is 3.58. The average Bonchev–Trinajstić information content (AvgIpc) is 2.64. The number of carbonyl (C=O) groups excluding carboxylic acids is 1. The molecule has 0 aliphatic heterocycles. The minimum absolute atomic E-state index is 0.150. The maximum atomic E-state index is 12.4. The highest BCUT2D eigenvalue weighted by Crippen LogP contribution is 2.20. The van der Waals surface area contributed by atoms with Crippen LogP contribution >= 0.6 is 0 Å². The van der Waals surface area contributed by atoms with Crippen molar-refractivity contribution in [1.82, 2.24) is 5.32 Å². The monoisotopic (exact) mass is 329 g/mol.